The maximum Gasteiger partial charge on any atom is 0.240 e. The standard InChI is InChI=1S/C12H15IN4O/c1-2-5-15-11(18)7-17-10-4-3-8(13)6-9(10)16-12(17)14/h3-4,6H,2,5,7H2,1H3,(H2,14,16)(H,15,18). The summed E-state index contributed by atoms with van der Waals surface area (Å²) in [7, 11) is 0. The minimum absolute atomic E-state index is 0.0404. The maximum atomic E-state index is 11.7. The SMILES string of the molecule is CCCNC(=O)Cn1c(N)nc2cc(I)ccc21. The summed E-state index contributed by atoms with van der Waals surface area (Å²) in [4.78, 5) is 16.0. The van der Waals surface area contributed by atoms with E-state index in [-0.39, 0.29) is 12.5 Å². The molecule has 1 aromatic heterocycles. The second-order valence-electron chi connectivity index (χ2n) is 4.04. The monoisotopic (exact) mass is 358 g/mol. The number of hydrogen-bond acceptors (Lipinski definition) is 3. The number of rotatable bonds is 4. The Bertz CT molecular complexity index is 579. The summed E-state index contributed by atoms with van der Waals surface area (Å²) in [6.07, 6.45) is 0.921. The van der Waals surface area contributed by atoms with E-state index < -0.39 is 0 Å². The molecule has 0 spiro atoms. The molecule has 0 fully saturated rings. The molecule has 1 amide bonds. The normalized spacial score (nSPS) is 10.8. The summed E-state index contributed by atoms with van der Waals surface area (Å²) in [6, 6.07) is 5.87. The lowest BCUT2D eigenvalue weighted by atomic mass is 10.3. The Balaban J connectivity index is 2.27. The van der Waals surface area contributed by atoms with Crippen LogP contribution in [0, 0.1) is 3.57 Å². The van der Waals surface area contributed by atoms with Gasteiger partial charge in [0.15, 0.2) is 0 Å². The van der Waals surface area contributed by atoms with Crippen molar-refractivity contribution in [1.82, 2.24) is 14.9 Å². The molecule has 0 aliphatic heterocycles. The lowest BCUT2D eigenvalue weighted by molar-refractivity contribution is -0.121. The first-order valence-electron chi connectivity index (χ1n) is 5.79. The number of nitrogens with two attached hydrogens (primary N) is 1. The fourth-order valence-corrected chi connectivity index (χ4v) is 2.23. The average Bonchev–Trinajstić information content (AvgIpc) is 2.62. The predicted octanol–water partition coefficient (Wildman–Crippen LogP) is 1.75. The Hall–Kier alpha value is -1.31. The van der Waals surface area contributed by atoms with Crippen LogP contribution in [0.1, 0.15) is 13.3 Å². The van der Waals surface area contributed by atoms with Crippen LogP contribution >= 0.6 is 22.6 Å². The van der Waals surface area contributed by atoms with Crippen molar-refractivity contribution in [3.8, 4) is 0 Å². The zero-order chi connectivity index (χ0) is 13.1. The highest BCUT2D eigenvalue weighted by atomic mass is 127. The molecule has 0 aliphatic rings. The van der Waals surface area contributed by atoms with Gasteiger partial charge in [-0.2, -0.15) is 0 Å². The Morgan fingerprint density at radius 1 is 1.56 bits per heavy atom. The third-order valence-electron chi connectivity index (χ3n) is 2.61. The Morgan fingerprint density at radius 3 is 3.06 bits per heavy atom. The number of nitrogens with one attached hydrogen (secondary N) is 1. The zero-order valence-corrected chi connectivity index (χ0v) is 12.3. The van der Waals surface area contributed by atoms with Gasteiger partial charge >= 0.3 is 0 Å². The second kappa shape index (κ2) is 5.55. The molecular formula is C12H15IN4O. The smallest absolute Gasteiger partial charge is 0.240 e. The molecule has 0 bridgehead atoms. The molecular weight excluding hydrogens is 343 g/mol. The van der Waals surface area contributed by atoms with Crippen LogP contribution in [0.3, 0.4) is 0 Å². The molecule has 2 aromatic rings. The number of carbonyl (C=O) groups excluding carboxylic acids is 1. The number of aromatic nitrogens is 2. The Morgan fingerprint density at radius 2 is 2.33 bits per heavy atom. The molecule has 2 rings (SSSR count). The molecule has 3 N–H and O–H groups in total. The van der Waals surface area contributed by atoms with Crippen molar-refractivity contribution < 1.29 is 4.79 Å². The fraction of sp³-hybridized carbons (Fsp3) is 0.333. The topological polar surface area (TPSA) is 72.9 Å². The van der Waals surface area contributed by atoms with Crippen molar-refractivity contribution in [3.63, 3.8) is 0 Å². The van der Waals surface area contributed by atoms with E-state index in [9.17, 15) is 4.79 Å². The van der Waals surface area contributed by atoms with E-state index in [0.29, 0.717) is 12.5 Å². The van der Waals surface area contributed by atoms with Crippen LogP contribution in [-0.2, 0) is 11.3 Å². The number of nitrogen functional groups attached to an aromatic ring is 1. The summed E-state index contributed by atoms with van der Waals surface area (Å²) in [5.74, 6) is 0.333. The van der Waals surface area contributed by atoms with Gasteiger partial charge in [-0.15, -0.1) is 0 Å². The Kier molecular flexibility index (Phi) is 4.05. The molecule has 0 atom stereocenters. The van der Waals surface area contributed by atoms with Crippen LogP contribution < -0.4 is 11.1 Å². The summed E-state index contributed by atoms with van der Waals surface area (Å²) in [6.45, 7) is 2.91. The van der Waals surface area contributed by atoms with Gasteiger partial charge in [0.25, 0.3) is 0 Å². The van der Waals surface area contributed by atoms with Crippen molar-refractivity contribution in [2.75, 3.05) is 12.3 Å². The lowest BCUT2D eigenvalue weighted by Crippen LogP contribution is -2.28. The zero-order valence-electron chi connectivity index (χ0n) is 10.1. The van der Waals surface area contributed by atoms with Gasteiger partial charge < -0.3 is 15.6 Å². The van der Waals surface area contributed by atoms with Crippen molar-refractivity contribution in [1.29, 1.82) is 0 Å². The van der Waals surface area contributed by atoms with Gasteiger partial charge in [0.05, 0.1) is 11.0 Å². The van der Waals surface area contributed by atoms with Gasteiger partial charge in [0.2, 0.25) is 11.9 Å². The van der Waals surface area contributed by atoms with Crippen molar-refractivity contribution in [2.24, 2.45) is 0 Å². The number of amides is 1. The summed E-state index contributed by atoms with van der Waals surface area (Å²) in [5, 5.41) is 2.83. The average molecular weight is 358 g/mol. The number of hydrogen-bond donors (Lipinski definition) is 2. The van der Waals surface area contributed by atoms with Crippen molar-refractivity contribution >= 4 is 45.5 Å². The highest BCUT2D eigenvalue weighted by molar-refractivity contribution is 14.1. The maximum absolute atomic E-state index is 11.7. The number of halogens is 1. The van der Waals surface area contributed by atoms with Crippen molar-refractivity contribution in [3.05, 3.63) is 21.8 Å². The van der Waals surface area contributed by atoms with Crippen molar-refractivity contribution in [2.45, 2.75) is 19.9 Å². The van der Waals surface area contributed by atoms with E-state index in [1.807, 2.05) is 25.1 Å². The number of imidazole rings is 1. The molecule has 0 saturated carbocycles. The summed E-state index contributed by atoms with van der Waals surface area (Å²) < 4.78 is 2.83. The predicted molar refractivity (Wildman–Crippen MR) is 80.2 cm³/mol. The van der Waals surface area contributed by atoms with E-state index in [4.69, 9.17) is 5.73 Å². The van der Waals surface area contributed by atoms with Crippen LogP contribution in [0.4, 0.5) is 5.95 Å². The highest BCUT2D eigenvalue weighted by Crippen LogP contribution is 2.19. The number of anilines is 1. The number of fused-ring (bicyclic) bond motifs is 1. The molecule has 0 aliphatic carbocycles. The van der Waals surface area contributed by atoms with E-state index in [1.165, 1.54) is 0 Å². The molecule has 18 heavy (non-hydrogen) atoms. The van der Waals surface area contributed by atoms with E-state index in [1.54, 1.807) is 4.57 Å². The van der Waals surface area contributed by atoms with E-state index in [0.717, 1.165) is 21.0 Å². The first-order chi connectivity index (χ1) is 8.61. The molecule has 1 aromatic carbocycles. The van der Waals surface area contributed by atoms with Crippen LogP contribution in [0.15, 0.2) is 18.2 Å². The molecule has 5 nitrogen and oxygen atoms in total. The van der Waals surface area contributed by atoms with Gasteiger partial charge in [0, 0.05) is 10.1 Å². The van der Waals surface area contributed by atoms with Gasteiger partial charge in [-0.25, -0.2) is 4.98 Å². The van der Waals surface area contributed by atoms with Crippen LogP contribution in [0.5, 0.6) is 0 Å². The molecule has 0 saturated heterocycles. The number of benzene rings is 1. The molecule has 0 radical (unpaired) electrons. The third-order valence-corrected chi connectivity index (χ3v) is 3.28. The van der Waals surface area contributed by atoms with Gasteiger partial charge in [-0.3, -0.25) is 4.79 Å². The third kappa shape index (κ3) is 2.74. The molecule has 6 heteroatoms. The quantitative estimate of drug-likeness (QED) is 0.818. The fourth-order valence-electron chi connectivity index (χ4n) is 1.75. The largest absolute Gasteiger partial charge is 0.369 e. The van der Waals surface area contributed by atoms with Crippen LogP contribution in [0.25, 0.3) is 11.0 Å². The summed E-state index contributed by atoms with van der Waals surface area (Å²) in [5.41, 5.74) is 7.56. The number of carbonyl (C=O) groups is 1. The van der Waals surface area contributed by atoms with E-state index in [2.05, 4.69) is 32.9 Å². The Labute approximate surface area is 119 Å². The molecule has 96 valence electrons. The van der Waals surface area contributed by atoms with Gasteiger partial charge in [0.1, 0.15) is 6.54 Å². The lowest BCUT2D eigenvalue weighted by Gasteiger charge is -2.07. The molecule has 0 unspecified atom stereocenters. The first kappa shape index (κ1) is 13.1. The highest BCUT2D eigenvalue weighted by Gasteiger charge is 2.11. The minimum Gasteiger partial charge on any atom is -0.369 e. The van der Waals surface area contributed by atoms with Crippen LogP contribution in [0.2, 0.25) is 0 Å². The van der Waals surface area contributed by atoms with Gasteiger partial charge in [-0.1, -0.05) is 6.92 Å². The van der Waals surface area contributed by atoms with Crippen LogP contribution in [-0.4, -0.2) is 22.0 Å². The minimum atomic E-state index is -0.0404. The van der Waals surface area contributed by atoms with Gasteiger partial charge in [-0.05, 0) is 47.2 Å². The van der Waals surface area contributed by atoms with E-state index >= 15 is 0 Å². The summed E-state index contributed by atoms with van der Waals surface area (Å²) >= 11 is 2.22. The second-order valence-corrected chi connectivity index (χ2v) is 5.28. The molecule has 1 heterocycles. The number of nitrogens with zero attached hydrogens (tertiary/aromatic N) is 2. The first-order valence-corrected chi connectivity index (χ1v) is 6.87.